The molecule has 2 heterocycles. The Labute approximate surface area is 82.7 Å². The molecule has 1 spiro atoms. The molecule has 2 fully saturated rings. The van der Waals surface area contributed by atoms with Gasteiger partial charge in [0.2, 0.25) is 0 Å². The number of piperidine rings is 1. The largest absolute Gasteiger partial charge is 0.323 e. The molecular formula is C12H24N+. The van der Waals surface area contributed by atoms with Gasteiger partial charge in [-0.1, -0.05) is 6.92 Å². The van der Waals surface area contributed by atoms with Gasteiger partial charge >= 0.3 is 0 Å². The standard InChI is InChI=1S/C12H24N/c1-12-7-6-10-13(11-12)8-4-2-3-5-9-13/h12H,2-11H2,1H3/q+1. The molecule has 0 amide bonds. The molecule has 0 aliphatic carbocycles. The maximum Gasteiger partial charge on any atom is 0.0812 e. The number of hydrogen-bond donors (Lipinski definition) is 0. The molecule has 0 aromatic carbocycles. The zero-order valence-electron chi connectivity index (χ0n) is 9.10. The van der Waals surface area contributed by atoms with Crippen LogP contribution in [0, 0.1) is 5.92 Å². The van der Waals surface area contributed by atoms with Crippen LogP contribution in [0.5, 0.6) is 0 Å². The Kier molecular flexibility index (Phi) is 2.92. The maximum absolute atomic E-state index is 2.45. The smallest absolute Gasteiger partial charge is 0.0812 e. The van der Waals surface area contributed by atoms with Gasteiger partial charge in [0.05, 0.1) is 26.2 Å². The van der Waals surface area contributed by atoms with E-state index in [-0.39, 0.29) is 0 Å². The minimum Gasteiger partial charge on any atom is -0.323 e. The van der Waals surface area contributed by atoms with Crippen LogP contribution in [0.25, 0.3) is 0 Å². The lowest BCUT2D eigenvalue weighted by atomic mass is 9.97. The van der Waals surface area contributed by atoms with Gasteiger partial charge in [-0.25, -0.2) is 0 Å². The monoisotopic (exact) mass is 182 g/mol. The van der Waals surface area contributed by atoms with Gasteiger partial charge in [0, 0.05) is 5.92 Å². The first kappa shape index (κ1) is 9.51. The van der Waals surface area contributed by atoms with E-state index >= 15 is 0 Å². The fourth-order valence-corrected chi connectivity index (χ4v) is 3.38. The second-order valence-corrected chi connectivity index (χ2v) is 5.36. The van der Waals surface area contributed by atoms with Crippen molar-refractivity contribution in [2.75, 3.05) is 26.2 Å². The lowest BCUT2D eigenvalue weighted by molar-refractivity contribution is -0.935. The lowest BCUT2D eigenvalue weighted by Crippen LogP contribution is -2.54. The molecule has 2 aliphatic rings. The fraction of sp³-hybridized carbons (Fsp3) is 1.00. The Morgan fingerprint density at radius 3 is 2.08 bits per heavy atom. The predicted octanol–water partition coefficient (Wildman–Crippen LogP) is 2.81. The summed E-state index contributed by atoms with van der Waals surface area (Å²) >= 11 is 0. The summed E-state index contributed by atoms with van der Waals surface area (Å²) in [7, 11) is 0. The molecule has 0 aromatic rings. The summed E-state index contributed by atoms with van der Waals surface area (Å²) in [5.41, 5.74) is 0. The summed E-state index contributed by atoms with van der Waals surface area (Å²) in [6, 6.07) is 0. The minimum absolute atomic E-state index is 0.992. The Hall–Kier alpha value is -0.0400. The van der Waals surface area contributed by atoms with Crippen molar-refractivity contribution in [2.45, 2.75) is 45.4 Å². The third-order valence-corrected chi connectivity index (χ3v) is 4.04. The van der Waals surface area contributed by atoms with Crippen molar-refractivity contribution in [3.63, 3.8) is 0 Å². The van der Waals surface area contributed by atoms with Crippen LogP contribution in [0.1, 0.15) is 45.4 Å². The van der Waals surface area contributed by atoms with Crippen molar-refractivity contribution in [2.24, 2.45) is 5.92 Å². The van der Waals surface area contributed by atoms with Crippen LogP contribution in [0.3, 0.4) is 0 Å². The Morgan fingerprint density at radius 2 is 1.46 bits per heavy atom. The van der Waals surface area contributed by atoms with Crippen LogP contribution in [-0.2, 0) is 0 Å². The molecule has 0 radical (unpaired) electrons. The van der Waals surface area contributed by atoms with E-state index in [4.69, 9.17) is 0 Å². The normalized spacial score (nSPS) is 34.4. The molecule has 2 aliphatic heterocycles. The summed E-state index contributed by atoms with van der Waals surface area (Å²) in [5.74, 6) is 0.992. The third-order valence-electron chi connectivity index (χ3n) is 4.04. The molecule has 0 aromatic heterocycles. The van der Waals surface area contributed by atoms with Crippen molar-refractivity contribution in [3.05, 3.63) is 0 Å². The second-order valence-electron chi connectivity index (χ2n) is 5.36. The Balaban J connectivity index is 1.99. The van der Waals surface area contributed by atoms with Crippen molar-refractivity contribution in [1.29, 1.82) is 0 Å². The quantitative estimate of drug-likeness (QED) is 0.505. The van der Waals surface area contributed by atoms with E-state index in [2.05, 4.69) is 6.92 Å². The van der Waals surface area contributed by atoms with Crippen molar-refractivity contribution < 1.29 is 4.48 Å². The molecule has 1 unspecified atom stereocenters. The van der Waals surface area contributed by atoms with E-state index in [1.54, 1.807) is 0 Å². The zero-order valence-corrected chi connectivity index (χ0v) is 9.10. The first-order valence-electron chi connectivity index (χ1n) is 6.16. The van der Waals surface area contributed by atoms with Gasteiger partial charge in [0.15, 0.2) is 0 Å². The van der Waals surface area contributed by atoms with Gasteiger partial charge < -0.3 is 4.48 Å². The number of nitrogens with zero attached hydrogens (tertiary/aromatic N) is 1. The average Bonchev–Trinajstić information content (AvgIpc) is 2.31. The van der Waals surface area contributed by atoms with Gasteiger partial charge in [-0.15, -0.1) is 0 Å². The molecule has 76 valence electrons. The topological polar surface area (TPSA) is 0 Å². The summed E-state index contributed by atoms with van der Waals surface area (Å²) in [6.07, 6.45) is 8.95. The van der Waals surface area contributed by atoms with Gasteiger partial charge in [-0.2, -0.15) is 0 Å². The van der Waals surface area contributed by atoms with Gasteiger partial charge in [0.25, 0.3) is 0 Å². The molecule has 1 atom stereocenters. The van der Waals surface area contributed by atoms with Crippen LogP contribution in [0.2, 0.25) is 0 Å². The molecular weight excluding hydrogens is 158 g/mol. The predicted molar refractivity (Wildman–Crippen MR) is 56.6 cm³/mol. The van der Waals surface area contributed by atoms with E-state index in [0.717, 1.165) is 5.92 Å². The Morgan fingerprint density at radius 1 is 0.846 bits per heavy atom. The SMILES string of the molecule is CC1CCC[N+]2(CCCCCC2)C1. The average molecular weight is 182 g/mol. The fourth-order valence-electron chi connectivity index (χ4n) is 3.38. The summed E-state index contributed by atoms with van der Waals surface area (Å²) < 4.78 is 1.49. The highest BCUT2D eigenvalue weighted by Gasteiger charge is 2.33. The number of rotatable bonds is 0. The highest BCUT2D eigenvalue weighted by molar-refractivity contribution is 4.63. The molecule has 13 heavy (non-hydrogen) atoms. The molecule has 1 heteroatoms. The Bertz CT molecular complexity index is 157. The van der Waals surface area contributed by atoms with E-state index < -0.39 is 0 Å². The first-order valence-corrected chi connectivity index (χ1v) is 6.16. The molecule has 0 bridgehead atoms. The lowest BCUT2D eigenvalue weighted by Gasteiger charge is -2.43. The van der Waals surface area contributed by atoms with Crippen molar-refractivity contribution >= 4 is 0 Å². The van der Waals surface area contributed by atoms with Crippen LogP contribution < -0.4 is 0 Å². The maximum atomic E-state index is 2.45. The number of quaternary nitrogens is 1. The molecule has 1 nitrogen and oxygen atoms in total. The van der Waals surface area contributed by atoms with Crippen LogP contribution in [0.15, 0.2) is 0 Å². The van der Waals surface area contributed by atoms with E-state index in [1.165, 1.54) is 69.2 Å². The molecule has 0 saturated carbocycles. The summed E-state index contributed by atoms with van der Waals surface area (Å²) in [4.78, 5) is 0. The first-order chi connectivity index (χ1) is 6.31. The minimum atomic E-state index is 0.992. The molecule has 2 saturated heterocycles. The van der Waals surface area contributed by atoms with E-state index in [1.807, 2.05) is 0 Å². The van der Waals surface area contributed by atoms with Crippen LogP contribution >= 0.6 is 0 Å². The highest BCUT2D eigenvalue weighted by atomic mass is 15.4. The van der Waals surface area contributed by atoms with Crippen LogP contribution in [0.4, 0.5) is 0 Å². The summed E-state index contributed by atoms with van der Waals surface area (Å²) in [5, 5.41) is 0. The van der Waals surface area contributed by atoms with Crippen molar-refractivity contribution in [3.8, 4) is 0 Å². The van der Waals surface area contributed by atoms with E-state index in [9.17, 15) is 0 Å². The number of hydrogen-bond acceptors (Lipinski definition) is 0. The van der Waals surface area contributed by atoms with Crippen molar-refractivity contribution in [1.82, 2.24) is 0 Å². The van der Waals surface area contributed by atoms with Crippen LogP contribution in [-0.4, -0.2) is 30.7 Å². The summed E-state index contributed by atoms with van der Waals surface area (Å²) in [6.45, 7) is 8.41. The highest BCUT2D eigenvalue weighted by Crippen LogP contribution is 2.27. The molecule has 0 N–H and O–H groups in total. The zero-order chi connectivity index (χ0) is 9.15. The van der Waals surface area contributed by atoms with Gasteiger partial charge in [-0.3, -0.25) is 0 Å². The second kappa shape index (κ2) is 4.00. The molecule has 2 rings (SSSR count). The van der Waals surface area contributed by atoms with E-state index in [0.29, 0.717) is 0 Å². The third kappa shape index (κ3) is 2.25. The van der Waals surface area contributed by atoms with Gasteiger partial charge in [0.1, 0.15) is 0 Å². The van der Waals surface area contributed by atoms with Gasteiger partial charge in [-0.05, 0) is 38.5 Å².